The first-order valence-corrected chi connectivity index (χ1v) is 5.06. The monoisotopic (exact) mass is 180 g/mol. The Morgan fingerprint density at radius 2 is 2.31 bits per heavy atom. The molecule has 0 saturated carbocycles. The van der Waals surface area contributed by atoms with Gasteiger partial charge in [0.2, 0.25) is 0 Å². The van der Waals surface area contributed by atoms with Crippen LogP contribution in [0.4, 0.5) is 0 Å². The molecule has 0 unspecified atom stereocenters. The molecule has 1 aliphatic rings. The summed E-state index contributed by atoms with van der Waals surface area (Å²) in [6.07, 6.45) is 7.81. The normalized spacial score (nSPS) is 21.6. The van der Waals surface area contributed by atoms with Gasteiger partial charge in [-0.25, -0.2) is 0 Å². The highest BCUT2D eigenvalue weighted by atomic mass is 15.2. The third kappa shape index (κ3) is 3.02. The molecule has 0 atom stereocenters. The van der Waals surface area contributed by atoms with Crippen LogP contribution in [0.25, 0.3) is 0 Å². The zero-order valence-corrected chi connectivity index (χ0v) is 8.77. The number of terminal acetylenes is 1. The Bertz CT molecular complexity index is 191. The van der Waals surface area contributed by atoms with Crippen LogP contribution in [0.3, 0.4) is 0 Å². The SMILES string of the molecule is C#CCNCCN1CCCC1(C)C. The van der Waals surface area contributed by atoms with Crippen molar-refractivity contribution in [2.24, 2.45) is 0 Å². The largest absolute Gasteiger partial charge is 0.305 e. The summed E-state index contributed by atoms with van der Waals surface area (Å²) >= 11 is 0. The third-order valence-electron chi connectivity index (χ3n) is 2.86. The molecule has 0 spiro atoms. The minimum atomic E-state index is 0.401. The van der Waals surface area contributed by atoms with E-state index in [0.29, 0.717) is 12.1 Å². The van der Waals surface area contributed by atoms with Crippen LogP contribution in [-0.4, -0.2) is 36.6 Å². The summed E-state index contributed by atoms with van der Waals surface area (Å²) in [5.74, 6) is 2.58. The van der Waals surface area contributed by atoms with Crippen molar-refractivity contribution in [3.8, 4) is 12.3 Å². The topological polar surface area (TPSA) is 15.3 Å². The molecule has 0 aromatic carbocycles. The van der Waals surface area contributed by atoms with Crippen molar-refractivity contribution in [1.82, 2.24) is 10.2 Å². The highest BCUT2D eigenvalue weighted by molar-refractivity contribution is 4.89. The van der Waals surface area contributed by atoms with E-state index in [1.165, 1.54) is 19.4 Å². The smallest absolute Gasteiger partial charge is 0.0574 e. The summed E-state index contributed by atoms with van der Waals surface area (Å²) in [4.78, 5) is 2.54. The van der Waals surface area contributed by atoms with Gasteiger partial charge in [0.25, 0.3) is 0 Å². The van der Waals surface area contributed by atoms with Gasteiger partial charge in [0.05, 0.1) is 6.54 Å². The lowest BCUT2D eigenvalue weighted by atomic mass is 10.0. The fourth-order valence-electron chi connectivity index (χ4n) is 1.95. The van der Waals surface area contributed by atoms with Crippen molar-refractivity contribution < 1.29 is 0 Å². The van der Waals surface area contributed by atoms with E-state index in [4.69, 9.17) is 6.42 Å². The molecule has 0 aromatic rings. The summed E-state index contributed by atoms with van der Waals surface area (Å²) in [7, 11) is 0. The Morgan fingerprint density at radius 3 is 2.85 bits per heavy atom. The molecule has 0 aliphatic carbocycles. The maximum Gasteiger partial charge on any atom is 0.0574 e. The van der Waals surface area contributed by atoms with E-state index < -0.39 is 0 Å². The lowest BCUT2D eigenvalue weighted by Gasteiger charge is -2.31. The molecule has 1 saturated heterocycles. The number of hydrogen-bond donors (Lipinski definition) is 1. The van der Waals surface area contributed by atoms with E-state index in [9.17, 15) is 0 Å². The second kappa shape index (κ2) is 4.64. The summed E-state index contributed by atoms with van der Waals surface area (Å²) in [6.45, 7) is 8.70. The van der Waals surface area contributed by atoms with E-state index >= 15 is 0 Å². The lowest BCUT2D eigenvalue weighted by molar-refractivity contribution is 0.176. The van der Waals surface area contributed by atoms with Gasteiger partial charge < -0.3 is 5.32 Å². The van der Waals surface area contributed by atoms with Crippen molar-refractivity contribution in [2.75, 3.05) is 26.2 Å². The van der Waals surface area contributed by atoms with Crippen LogP contribution in [0.2, 0.25) is 0 Å². The van der Waals surface area contributed by atoms with Gasteiger partial charge in [0.1, 0.15) is 0 Å². The van der Waals surface area contributed by atoms with Gasteiger partial charge >= 0.3 is 0 Å². The molecule has 1 N–H and O–H groups in total. The van der Waals surface area contributed by atoms with E-state index in [0.717, 1.165) is 13.1 Å². The standard InChI is InChI=1S/C11H20N2/c1-4-7-12-8-10-13-9-5-6-11(13,2)3/h1,12H,5-10H2,2-3H3. The van der Waals surface area contributed by atoms with Crippen LogP contribution in [0.15, 0.2) is 0 Å². The van der Waals surface area contributed by atoms with E-state index in [-0.39, 0.29) is 0 Å². The first-order valence-electron chi connectivity index (χ1n) is 5.06. The van der Waals surface area contributed by atoms with Gasteiger partial charge in [0, 0.05) is 18.6 Å². The number of nitrogens with one attached hydrogen (secondary N) is 1. The van der Waals surface area contributed by atoms with Gasteiger partial charge in [-0.3, -0.25) is 4.90 Å². The number of nitrogens with zero attached hydrogens (tertiary/aromatic N) is 1. The van der Waals surface area contributed by atoms with Crippen LogP contribution >= 0.6 is 0 Å². The molecule has 2 heteroatoms. The molecule has 0 aromatic heterocycles. The van der Waals surface area contributed by atoms with Gasteiger partial charge in [-0.05, 0) is 33.2 Å². The molecule has 13 heavy (non-hydrogen) atoms. The molecule has 74 valence electrons. The summed E-state index contributed by atoms with van der Waals surface area (Å²) in [5, 5.41) is 3.22. The Hall–Kier alpha value is -0.520. The van der Waals surface area contributed by atoms with Crippen LogP contribution < -0.4 is 5.32 Å². The number of likely N-dealkylation sites (tertiary alicyclic amines) is 1. The van der Waals surface area contributed by atoms with Crippen molar-refractivity contribution in [1.29, 1.82) is 0 Å². The quantitative estimate of drug-likeness (QED) is 0.514. The van der Waals surface area contributed by atoms with Gasteiger partial charge in [-0.1, -0.05) is 5.92 Å². The Labute approximate surface area is 81.7 Å². The van der Waals surface area contributed by atoms with Crippen molar-refractivity contribution in [3.05, 3.63) is 0 Å². The summed E-state index contributed by atoms with van der Waals surface area (Å²) in [5.41, 5.74) is 0.401. The van der Waals surface area contributed by atoms with Crippen molar-refractivity contribution >= 4 is 0 Å². The second-order valence-corrected chi connectivity index (χ2v) is 4.28. The zero-order chi connectivity index (χ0) is 9.73. The maximum absolute atomic E-state index is 5.15. The van der Waals surface area contributed by atoms with Crippen molar-refractivity contribution in [2.45, 2.75) is 32.2 Å². The van der Waals surface area contributed by atoms with Crippen LogP contribution in [0.1, 0.15) is 26.7 Å². The minimum absolute atomic E-state index is 0.401. The summed E-state index contributed by atoms with van der Waals surface area (Å²) in [6, 6.07) is 0. The molecular weight excluding hydrogens is 160 g/mol. The summed E-state index contributed by atoms with van der Waals surface area (Å²) < 4.78 is 0. The molecule has 2 nitrogen and oxygen atoms in total. The molecule has 1 fully saturated rings. The third-order valence-corrected chi connectivity index (χ3v) is 2.86. The number of hydrogen-bond acceptors (Lipinski definition) is 2. The average molecular weight is 180 g/mol. The van der Waals surface area contributed by atoms with E-state index in [1.807, 2.05) is 0 Å². The van der Waals surface area contributed by atoms with Crippen molar-refractivity contribution in [3.63, 3.8) is 0 Å². The molecule has 1 heterocycles. The van der Waals surface area contributed by atoms with E-state index in [2.05, 4.69) is 30.0 Å². The van der Waals surface area contributed by atoms with E-state index in [1.54, 1.807) is 0 Å². The Morgan fingerprint density at radius 1 is 1.54 bits per heavy atom. The average Bonchev–Trinajstić information content (AvgIpc) is 2.40. The van der Waals surface area contributed by atoms with Crippen LogP contribution in [0, 0.1) is 12.3 Å². The first-order chi connectivity index (χ1) is 6.17. The molecule has 1 rings (SSSR count). The Kier molecular flexibility index (Phi) is 3.77. The highest BCUT2D eigenvalue weighted by Crippen LogP contribution is 2.27. The van der Waals surface area contributed by atoms with Crippen LogP contribution in [0.5, 0.6) is 0 Å². The lowest BCUT2D eigenvalue weighted by Crippen LogP contribution is -2.42. The second-order valence-electron chi connectivity index (χ2n) is 4.28. The molecular formula is C11H20N2. The maximum atomic E-state index is 5.15. The van der Waals surface area contributed by atoms with Gasteiger partial charge in [-0.15, -0.1) is 6.42 Å². The molecule has 0 amide bonds. The predicted octanol–water partition coefficient (Wildman–Crippen LogP) is 1.08. The molecule has 0 radical (unpaired) electrons. The fourth-order valence-corrected chi connectivity index (χ4v) is 1.95. The van der Waals surface area contributed by atoms with Gasteiger partial charge in [-0.2, -0.15) is 0 Å². The number of rotatable bonds is 4. The van der Waals surface area contributed by atoms with Gasteiger partial charge in [0.15, 0.2) is 0 Å². The van der Waals surface area contributed by atoms with Crippen LogP contribution in [-0.2, 0) is 0 Å². The molecule has 0 bridgehead atoms. The fraction of sp³-hybridized carbons (Fsp3) is 0.818. The first kappa shape index (κ1) is 10.6. The highest BCUT2D eigenvalue weighted by Gasteiger charge is 2.30. The Balaban J connectivity index is 2.18. The zero-order valence-electron chi connectivity index (χ0n) is 8.77. The minimum Gasteiger partial charge on any atom is -0.305 e. The molecule has 1 aliphatic heterocycles. The predicted molar refractivity (Wildman–Crippen MR) is 56.6 cm³/mol.